The average Bonchev–Trinajstić information content (AvgIpc) is 2.89. The summed E-state index contributed by atoms with van der Waals surface area (Å²) in [4.78, 5) is 0. The molecule has 2 N–H and O–H groups in total. The lowest BCUT2D eigenvalue weighted by atomic mass is 10.1. The highest BCUT2D eigenvalue weighted by atomic mass is 16.5. The first-order valence-electron chi connectivity index (χ1n) is 6.65. The van der Waals surface area contributed by atoms with Crippen molar-refractivity contribution in [1.29, 1.82) is 0 Å². The summed E-state index contributed by atoms with van der Waals surface area (Å²) in [6.07, 6.45) is 1.75. The number of hydrogen-bond donors (Lipinski definition) is 1. The highest BCUT2D eigenvalue weighted by Gasteiger charge is 2.07. The van der Waals surface area contributed by atoms with Crippen LogP contribution in [0.25, 0.3) is 11.0 Å². The summed E-state index contributed by atoms with van der Waals surface area (Å²) in [5.74, 6) is 0.861. The van der Waals surface area contributed by atoms with Crippen LogP contribution in [0.15, 0.2) is 53.1 Å². The van der Waals surface area contributed by atoms with Crippen molar-refractivity contribution in [3.05, 3.63) is 65.4 Å². The Labute approximate surface area is 118 Å². The van der Waals surface area contributed by atoms with Gasteiger partial charge in [0.2, 0.25) is 0 Å². The van der Waals surface area contributed by atoms with Crippen LogP contribution in [0.5, 0.6) is 5.75 Å². The van der Waals surface area contributed by atoms with E-state index in [0.717, 1.165) is 27.8 Å². The van der Waals surface area contributed by atoms with E-state index in [1.165, 1.54) is 5.56 Å². The van der Waals surface area contributed by atoms with Gasteiger partial charge in [-0.25, -0.2) is 0 Å². The van der Waals surface area contributed by atoms with Gasteiger partial charge in [0.1, 0.15) is 17.9 Å². The van der Waals surface area contributed by atoms with Crippen molar-refractivity contribution in [2.24, 2.45) is 5.73 Å². The predicted molar refractivity (Wildman–Crippen MR) is 79.6 cm³/mol. The second kappa shape index (κ2) is 5.39. The van der Waals surface area contributed by atoms with E-state index in [-0.39, 0.29) is 0 Å². The SMILES string of the molecule is Cc1ccc(OCc2coc3ccc(CN)cc23)cc1. The first-order chi connectivity index (χ1) is 9.76. The Bertz CT molecular complexity index is 713. The monoisotopic (exact) mass is 267 g/mol. The van der Waals surface area contributed by atoms with Crippen molar-refractivity contribution in [3.8, 4) is 5.75 Å². The molecule has 3 rings (SSSR count). The fourth-order valence-corrected chi connectivity index (χ4v) is 2.16. The zero-order chi connectivity index (χ0) is 13.9. The molecule has 0 fully saturated rings. The van der Waals surface area contributed by atoms with Gasteiger partial charge in [-0.05, 0) is 36.8 Å². The largest absolute Gasteiger partial charge is 0.489 e. The Hall–Kier alpha value is -2.26. The van der Waals surface area contributed by atoms with Gasteiger partial charge < -0.3 is 14.9 Å². The van der Waals surface area contributed by atoms with Gasteiger partial charge in [0.05, 0.1) is 6.26 Å². The molecule has 0 bridgehead atoms. The van der Waals surface area contributed by atoms with Gasteiger partial charge >= 0.3 is 0 Å². The van der Waals surface area contributed by atoms with Gasteiger partial charge in [-0.3, -0.25) is 0 Å². The molecular weight excluding hydrogens is 250 g/mol. The lowest BCUT2D eigenvalue weighted by Gasteiger charge is -2.05. The predicted octanol–water partition coefficient (Wildman–Crippen LogP) is 3.78. The van der Waals surface area contributed by atoms with Crippen LogP contribution in [-0.4, -0.2) is 0 Å². The standard InChI is InChI=1S/C17H17NO2/c1-12-2-5-15(6-3-12)19-10-14-11-20-17-7-4-13(9-18)8-16(14)17/h2-8,11H,9-10,18H2,1H3. The van der Waals surface area contributed by atoms with Gasteiger partial charge in [0.15, 0.2) is 0 Å². The maximum absolute atomic E-state index is 5.80. The molecule has 0 radical (unpaired) electrons. The zero-order valence-electron chi connectivity index (χ0n) is 11.4. The maximum atomic E-state index is 5.80. The van der Waals surface area contributed by atoms with Crippen LogP contribution in [0.1, 0.15) is 16.7 Å². The van der Waals surface area contributed by atoms with Crippen molar-refractivity contribution < 1.29 is 9.15 Å². The molecule has 0 unspecified atom stereocenters. The number of fused-ring (bicyclic) bond motifs is 1. The molecule has 0 spiro atoms. The third-order valence-electron chi connectivity index (χ3n) is 3.37. The number of rotatable bonds is 4. The summed E-state index contributed by atoms with van der Waals surface area (Å²) in [6.45, 7) is 3.07. The van der Waals surface area contributed by atoms with Crippen LogP contribution in [0.4, 0.5) is 0 Å². The highest BCUT2D eigenvalue weighted by molar-refractivity contribution is 5.81. The van der Waals surface area contributed by atoms with Gasteiger partial charge in [0, 0.05) is 17.5 Å². The van der Waals surface area contributed by atoms with Gasteiger partial charge in [-0.1, -0.05) is 23.8 Å². The average molecular weight is 267 g/mol. The van der Waals surface area contributed by atoms with Crippen molar-refractivity contribution in [2.75, 3.05) is 0 Å². The molecule has 102 valence electrons. The molecule has 0 aliphatic heterocycles. The first kappa shape index (κ1) is 12.8. The number of ether oxygens (including phenoxy) is 1. The normalized spacial score (nSPS) is 10.9. The van der Waals surface area contributed by atoms with Gasteiger partial charge in [0.25, 0.3) is 0 Å². The Kier molecular flexibility index (Phi) is 3.44. The summed E-state index contributed by atoms with van der Waals surface area (Å²) in [6, 6.07) is 14.0. The minimum atomic E-state index is 0.490. The van der Waals surface area contributed by atoms with E-state index >= 15 is 0 Å². The molecule has 3 aromatic rings. The summed E-state index contributed by atoms with van der Waals surface area (Å²) < 4.78 is 11.3. The lowest BCUT2D eigenvalue weighted by Crippen LogP contribution is -1.97. The van der Waals surface area contributed by atoms with Gasteiger partial charge in [-0.15, -0.1) is 0 Å². The molecule has 2 aromatic carbocycles. The molecular formula is C17H17NO2. The molecule has 0 aliphatic rings. The van der Waals surface area contributed by atoms with Crippen LogP contribution in [-0.2, 0) is 13.2 Å². The fourth-order valence-electron chi connectivity index (χ4n) is 2.16. The minimum absolute atomic E-state index is 0.490. The van der Waals surface area contributed by atoms with Crippen LogP contribution < -0.4 is 10.5 Å². The van der Waals surface area contributed by atoms with Crippen molar-refractivity contribution in [3.63, 3.8) is 0 Å². The van der Waals surface area contributed by atoms with Crippen molar-refractivity contribution >= 4 is 11.0 Å². The van der Waals surface area contributed by atoms with Crippen molar-refractivity contribution in [2.45, 2.75) is 20.1 Å². The number of furan rings is 1. The second-order valence-electron chi connectivity index (χ2n) is 4.90. The van der Waals surface area contributed by atoms with Crippen LogP contribution in [0, 0.1) is 6.92 Å². The van der Waals surface area contributed by atoms with E-state index in [9.17, 15) is 0 Å². The van der Waals surface area contributed by atoms with E-state index in [1.54, 1.807) is 6.26 Å². The summed E-state index contributed by atoms with van der Waals surface area (Å²) >= 11 is 0. The van der Waals surface area contributed by atoms with Crippen LogP contribution in [0.3, 0.4) is 0 Å². The van der Waals surface area contributed by atoms with E-state index in [0.29, 0.717) is 13.2 Å². The quantitative estimate of drug-likeness (QED) is 0.782. The van der Waals surface area contributed by atoms with Crippen molar-refractivity contribution in [1.82, 2.24) is 0 Å². The maximum Gasteiger partial charge on any atom is 0.134 e. The highest BCUT2D eigenvalue weighted by Crippen LogP contribution is 2.24. The summed E-state index contributed by atoms with van der Waals surface area (Å²) in [5.41, 5.74) is 9.89. The third-order valence-corrected chi connectivity index (χ3v) is 3.37. The Morgan fingerprint density at radius 2 is 1.90 bits per heavy atom. The van der Waals surface area contributed by atoms with E-state index < -0.39 is 0 Å². The topological polar surface area (TPSA) is 48.4 Å². The van der Waals surface area contributed by atoms with E-state index in [1.807, 2.05) is 36.4 Å². The number of hydrogen-bond acceptors (Lipinski definition) is 3. The summed E-state index contributed by atoms with van der Waals surface area (Å²) in [7, 11) is 0. The molecule has 1 aromatic heterocycles. The number of aryl methyl sites for hydroxylation is 1. The summed E-state index contributed by atoms with van der Waals surface area (Å²) in [5, 5.41) is 1.07. The molecule has 3 heteroatoms. The lowest BCUT2D eigenvalue weighted by molar-refractivity contribution is 0.306. The Morgan fingerprint density at radius 1 is 1.10 bits per heavy atom. The Morgan fingerprint density at radius 3 is 2.65 bits per heavy atom. The number of nitrogens with two attached hydrogens (primary N) is 1. The molecule has 0 atom stereocenters. The zero-order valence-corrected chi connectivity index (χ0v) is 11.4. The fraction of sp³-hybridized carbons (Fsp3) is 0.176. The molecule has 20 heavy (non-hydrogen) atoms. The molecule has 0 saturated heterocycles. The molecule has 0 amide bonds. The van der Waals surface area contributed by atoms with Crippen LogP contribution >= 0.6 is 0 Å². The molecule has 1 heterocycles. The minimum Gasteiger partial charge on any atom is -0.489 e. The van der Waals surface area contributed by atoms with Crippen LogP contribution in [0.2, 0.25) is 0 Å². The third kappa shape index (κ3) is 2.53. The Balaban J connectivity index is 1.81. The smallest absolute Gasteiger partial charge is 0.134 e. The van der Waals surface area contributed by atoms with E-state index in [2.05, 4.69) is 13.0 Å². The molecule has 3 nitrogen and oxygen atoms in total. The van der Waals surface area contributed by atoms with Gasteiger partial charge in [-0.2, -0.15) is 0 Å². The first-order valence-corrected chi connectivity index (χ1v) is 6.65. The van der Waals surface area contributed by atoms with E-state index in [4.69, 9.17) is 14.9 Å². The molecule has 0 saturated carbocycles. The number of benzene rings is 2. The molecule has 0 aliphatic carbocycles. The second-order valence-corrected chi connectivity index (χ2v) is 4.90.